The number of rotatable bonds is 4. The summed E-state index contributed by atoms with van der Waals surface area (Å²) in [7, 11) is 1.31. The summed E-state index contributed by atoms with van der Waals surface area (Å²) in [5.41, 5.74) is 0.970. The van der Waals surface area contributed by atoms with Crippen LogP contribution < -0.4 is 5.32 Å². The summed E-state index contributed by atoms with van der Waals surface area (Å²) in [6.07, 6.45) is 3.36. The lowest BCUT2D eigenvalue weighted by molar-refractivity contribution is 0.0606. The number of carbonyl (C=O) groups excluding carboxylic acids is 2. The van der Waals surface area contributed by atoms with Gasteiger partial charge in [-0.1, -0.05) is 0 Å². The van der Waals surface area contributed by atoms with Gasteiger partial charge in [0.05, 0.1) is 18.0 Å². The zero-order chi connectivity index (χ0) is 14.5. The first-order valence-electron chi connectivity index (χ1n) is 6.00. The molecule has 0 fully saturated rings. The Morgan fingerprint density at radius 3 is 2.50 bits per heavy atom. The number of methoxy groups -OCH3 is 1. The molecule has 0 bridgehead atoms. The molecule has 5 nitrogen and oxygen atoms in total. The van der Waals surface area contributed by atoms with E-state index in [1.165, 1.54) is 7.11 Å². The predicted molar refractivity (Wildman–Crippen MR) is 75.8 cm³/mol. The van der Waals surface area contributed by atoms with E-state index in [1.807, 2.05) is 19.1 Å². The first-order valence-corrected chi connectivity index (χ1v) is 6.82. The average molecular weight is 290 g/mol. The number of esters is 1. The van der Waals surface area contributed by atoms with E-state index in [-0.39, 0.29) is 11.9 Å². The molecule has 2 aromatic heterocycles. The summed E-state index contributed by atoms with van der Waals surface area (Å²) < 4.78 is 4.61. The second-order valence-corrected chi connectivity index (χ2v) is 5.21. The van der Waals surface area contributed by atoms with Gasteiger partial charge in [0.2, 0.25) is 0 Å². The van der Waals surface area contributed by atoms with Crippen LogP contribution in [0.3, 0.4) is 0 Å². The molecule has 2 aromatic rings. The summed E-state index contributed by atoms with van der Waals surface area (Å²) in [6.45, 7) is 1.89. The summed E-state index contributed by atoms with van der Waals surface area (Å²) in [6, 6.07) is 6.76. The molecule has 0 radical (unpaired) electrons. The van der Waals surface area contributed by atoms with Crippen LogP contribution in [0, 0.1) is 0 Å². The van der Waals surface area contributed by atoms with Gasteiger partial charge in [0, 0.05) is 12.4 Å². The van der Waals surface area contributed by atoms with Gasteiger partial charge in [-0.2, -0.15) is 0 Å². The van der Waals surface area contributed by atoms with E-state index in [0.29, 0.717) is 9.75 Å². The molecule has 1 atom stereocenters. The zero-order valence-corrected chi connectivity index (χ0v) is 11.9. The van der Waals surface area contributed by atoms with E-state index in [4.69, 9.17) is 0 Å². The van der Waals surface area contributed by atoms with Crippen molar-refractivity contribution in [1.82, 2.24) is 10.3 Å². The van der Waals surface area contributed by atoms with Crippen LogP contribution in [0.5, 0.6) is 0 Å². The highest BCUT2D eigenvalue weighted by molar-refractivity contribution is 7.15. The normalized spacial score (nSPS) is 11.7. The molecule has 0 saturated heterocycles. The lowest BCUT2D eigenvalue weighted by Gasteiger charge is -2.13. The minimum absolute atomic E-state index is 0.130. The van der Waals surface area contributed by atoms with E-state index in [9.17, 15) is 9.59 Å². The van der Waals surface area contributed by atoms with Gasteiger partial charge in [0.15, 0.2) is 0 Å². The zero-order valence-electron chi connectivity index (χ0n) is 11.1. The lowest BCUT2D eigenvalue weighted by atomic mass is 10.1. The molecule has 1 amide bonds. The van der Waals surface area contributed by atoms with Crippen molar-refractivity contribution >= 4 is 23.2 Å². The van der Waals surface area contributed by atoms with Crippen molar-refractivity contribution in [3.63, 3.8) is 0 Å². The van der Waals surface area contributed by atoms with Crippen LogP contribution in [0.2, 0.25) is 0 Å². The van der Waals surface area contributed by atoms with Crippen LogP contribution in [0.4, 0.5) is 0 Å². The Morgan fingerprint density at radius 2 is 1.85 bits per heavy atom. The number of hydrogen-bond acceptors (Lipinski definition) is 5. The molecular formula is C14H14N2O3S. The van der Waals surface area contributed by atoms with Crippen LogP contribution in [0.1, 0.15) is 37.9 Å². The standard InChI is InChI=1S/C14H14N2O3S/c1-9(10-5-7-15-8-6-10)16-13(17)11-3-4-12(20-11)14(18)19-2/h3-9H,1-2H3,(H,16,17)/t9-/m1/s1. The first kappa shape index (κ1) is 14.2. The molecular weight excluding hydrogens is 276 g/mol. The Morgan fingerprint density at radius 1 is 1.20 bits per heavy atom. The van der Waals surface area contributed by atoms with Gasteiger partial charge in [0.25, 0.3) is 5.91 Å². The number of hydrogen-bond donors (Lipinski definition) is 1. The molecule has 0 saturated carbocycles. The third-order valence-corrected chi connectivity index (χ3v) is 3.83. The van der Waals surface area contributed by atoms with Crippen molar-refractivity contribution in [3.8, 4) is 0 Å². The van der Waals surface area contributed by atoms with Crippen molar-refractivity contribution in [2.24, 2.45) is 0 Å². The number of carbonyl (C=O) groups is 2. The molecule has 0 aliphatic heterocycles. The van der Waals surface area contributed by atoms with E-state index in [2.05, 4.69) is 15.0 Å². The van der Waals surface area contributed by atoms with Gasteiger partial charge < -0.3 is 10.1 Å². The minimum atomic E-state index is -0.434. The Bertz CT molecular complexity index is 610. The third-order valence-electron chi connectivity index (χ3n) is 2.77. The van der Waals surface area contributed by atoms with Crippen LogP contribution in [-0.4, -0.2) is 24.0 Å². The molecule has 1 N–H and O–H groups in total. The molecule has 0 aromatic carbocycles. The monoisotopic (exact) mass is 290 g/mol. The van der Waals surface area contributed by atoms with Gasteiger partial charge >= 0.3 is 5.97 Å². The molecule has 0 aliphatic rings. The summed E-state index contributed by atoms with van der Waals surface area (Å²) in [5, 5.41) is 2.87. The quantitative estimate of drug-likeness (QED) is 0.878. The van der Waals surface area contributed by atoms with Gasteiger partial charge in [0.1, 0.15) is 4.88 Å². The maximum absolute atomic E-state index is 12.1. The fraction of sp³-hybridized carbons (Fsp3) is 0.214. The summed E-state index contributed by atoms with van der Waals surface area (Å²) in [5.74, 6) is -0.648. The third kappa shape index (κ3) is 3.21. The second kappa shape index (κ2) is 6.29. The Hall–Kier alpha value is -2.21. The van der Waals surface area contributed by atoms with Gasteiger partial charge in [-0.3, -0.25) is 9.78 Å². The van der Waals surface area contributed by atoms with E-state index in [0.717, 1.165) is 16.9 Å². The van der Waals surface area contributed by atoms with Crippen molar-refractivity contribution in [1.29, 1.82) is 0 Å². The minimum Gasteiger partial charge on any atom is -0.465 e. The highest BCUT2D eigenvalue weighted by Gasteiger charge is 2.16. The number of nitrogens with one attached hydrogen (secondary N) is 1. The van der Waals surface area contributed by atoms with Crippen molar-refractivity contribution < 1.29 is 14.3 Å². The maximum Gasteiger partial charge on any atom is 0.348 e. The molecule has 0 spiro atoms. The van der Waals surface area contributed by atoms with Crippen LogP contribution in [0.15, 0.2) is 36.7 Å². The molecule has 104 valence electrons. The first-order chi connectivity index (χ1) is 9.61. The van der Waals surface area contributed by atoms with Gasteiger partial charge in [-0.05, 0) is 36.8 Å². The number of aromatic nitrogens is 1. The van der Waals surface area contributed by atoms with Crippen LogP contribution >= 0.6 is 11.3 Å². The lowest BCUT2D eigenvalue weighted by Crippen LogP contribution is -2.25. The highest BCUT2D eigenvalue weighted by Crippen LogP contribution is 2.19. The van der Waals surface area contributed by atoms with E-state index in [1.54, 1.807) is 24.5 Å². The second-order valence-electron chi connectivity index (χ2n) is 4.13. The summed E-state index contributed by atoms with van der Waals surface area (Å²) >= 11 is 1.11. The maximum atomic E-state index is 12.1. The summed E-state index contributed by atoms with van der Waals surface area (Å²) in [4.78, 5) is 28.3. The van der Waals surface area contributed by atoms with Crippen LogP contribution in [0.25, 0.3) is 0 Å². The Balaban J connectivity index is 2.05. The fourth-order valence-corrected chi connectivity index (χ4v) is 2.50. The molecule has 0 unspecified atom stereocenters. The Labute approximate surface area is 120 Å². The van der Waals surface area contributed by atoms with Crippen LogP contribution in [-0.2, 0) is 4.74 Å². The Kier molecular flexibility index (Phi) is 4.47. The molecule has 20 heavy (non-hydrogen) atoms. The predicted octanol–water partition coefficient (Wildman–Crippen LogP) is 2.42. The number of thiophene rings is 1. The number of nitrogens with zero attached hydrogens (tertiary/aromatic N) is 1. The van der Waals surface area contributed by atoms with Gasteiger partial charge in [-0.25, -0.2) is 4.79 Å². The largest absolute Gasteiger partial charge is 0.465 e. The average Bonchev–Trinajstić information content (AvgIpc) is 2.97. The van der Waals surface area contributed by atoms with E-state index < -0.39 is 5.97 Å². The number of ether oxygens (including phenoxy) is 1. The van der Waals surface area contributed by atoms with Crippen molar-refractivity contribution in [3.05, 3.63) is 52.0 Å². The molecule has 6 heteroatoms. The SMILES string of the molecule is COC(=O)c1ccc(C(=O)N[C@H](C)c2ccncc2)s1. The van der Waals surface area contributed by atoms with Crippen molar-refractivity contribution in [2.45, 2.75) is 13.0 Å². The topological polar surface area (TPSA) is 68.3 Å². The molecule has 2 rings (SSSR count). The smallest absolute Gasteiger partial charge is 0.348 e. The fourth-order valence-electron chi connectivity index (χ4n) is 1.67. The number of amides is 1. The highest BCUT2D eigenvalue weighted by atomic mass is 32.1. The van der Waals surface area contributed by atoms with Gasteiger partial charge in [-0.15, -0.1) is 11.3 Å². The van der Waals surface area contributed by atoms with E-state index >= 15 is 0 Å². The molecule has 0 aliphatic carbocycles. The number of pyridine rings is 1. The van der Waals surface area contributed by atoms with Crippen molar-refractivity contribution in [2.75, 3.05) is 7.11 Å². The molecule has 2 heterocycles.